The molecule has 3 N–H and O–H groups in total. The standard InChI is InChI=1S/C8H13N3O3/c1-6(12)3-4-10-11-7(5-9)8(13)14-2/h5,9-10H,3-4H2,1-2H3/p+1/b9-5?,11-7+. The average molecular weight is 200 g/mol. The molecule has 0 unspecified atom stereocenters. The number of ketones is 1. The van der Waals surface area contributed by atoms with Crippen LogP contribution < -0.4 is 5.43 Å². The van der Waals surface area contributed by atoms with E-state index in [4.69, 9.17) is 5.41 Å². The van der Waals surface area contributed by atoms with E-state index in [-0.39, 0.29) is 11.5 Å². The quantitative estimate of drug-likeness (QED) is 0.183. The van der Waals surface area contributed by atoms with Gasteiger partial charge in [-0.1, -0.05) is 5.10 Å². The Bertz CT molecular complexity index is 261. The molecule has 6 nitrogen and oxygen atoms in total. The number of esters is 1. The number of nitrogens with one attached hydrogen (secondary N) is 1. The minimum Gasteiger partial charge on any atom is -0.464 e. The van der Waals surface area contributed by atoms with Gasteiger partial charge < -0.3 is 10.1 Å². The van der Waals surface area contributed by atoms with Gasteiger partial charge in [0.25, 0.3) is 0 Å². The van der Waals surface area contributed by atoms with E-state index < -0.39 is 5.97 Å². The zero-order valence-corrected chi connectivity index (χ0v) is 8.24. The van der Waals surface area contributed by atoms with Crippen LogP contribution in [0.5, 0.6) is 0 Å². The molecule has 0 saturated carbocycles. The first-order valence-corrected chi connectivity index (χ1v) is 4.09. The molecular formula is C8H14N3O3+. The van der Waals surface area contributed by atoms with Crippen molar-refractivity contribution in [3.05, 3.63) is 0 Å². The molecule has 0 aromatic rings. The zero-order chi connectivity index (χ0) is 11.0. The molecule has 0 aliphatic rings. The van der Waals surface area contributed by atoms with Crippen molar-refractivity contribution < 1.29 is 19.8 Å². The van der Waals surface area contributed by atoms with Gasteiger partial charge in [-0.25, -0.2) is 10.2 Å². The van der Waals surface area contributed by atoms with Crippen LogP contribution in [0.4, 0.5) is 0 Å². The summed E-state index contributed by atoms with van der Waals surface area (Å²) in [5, 5.41) is 10.6. The summed E-state index contributed by atoms with van der Waals surface area (Å²) in [6.45, 7) is 1.94. The van der Waals surface area contributed by atoms with Crippen LogP contribution in [-0.2, 0) is 14.3 Å². The van der Waals surface area contributed by atoms with Gasteiger partial charge in [0.1, 0.15) is 12.3 Å². The molecule has 0 aliphatic carbocycles. The van der Waals surface area contributed by atoms with E-state index in [9.17, 15) is 9.59 Å². The van der Waals surface area contributed by atoms with Crippen molar-refractivity contribution in [2.75, 3.05) is 13.7 Å². The van der Waals surface area contributed by atoms with Crippen LogP contribution in [0.2, 0.25) is 0 Å². The molecule has 78 valence electrons. The molecule has 0 heterocycles. The Morgan fingerprint density at radius 2 is 2.21 bits per heavy atom. The first-order valence-electron chi connectivity index (χ1n) is 4.09. The van der Waals surface area contributed by atoms with Gasteiger partial charge in [0.05, 0.1) is 19.7 Å². The Hall–Kier alpha value is -1.56. The summed E-state index contributed by atoms with van der Waals surface area (Å²) in [5.74, 6) is -0.593. The highest BCUT2D eigenvalue weighted by Crippen LogP contribution is 1.76. The molecule has 0 spiro atoms. The van der Waals surface area contributed by atoms with Crippen molar-refractivity contribution in [2.45, 2.75) is 13.3 Å². The van der Waals surface area contributed by atoms with E-state index in [0.29, 0.717) is 13.0 Å². The number of carbonyl (C=O) groups is 2. The Morgan fingerprint density at radius 1 is 1.57 bits per heavy atom. The molecule has 0 fully saturated rings. The number of nitrogens with two attached hydrogens (primary N) is 1. The van der Waals surface area contributed by atoms with E-state index in [1.807, 2.05) is 0 Å². The lowest BCUT2D eigenvalue weighted by Crippen LogP contribution is -2.79. The molecule has 0 aliphatic heterocycles. The summed E-state index contributed by atoms with van der Waals surface area (Å²) >= 11 is 0. The third kappa shape index (κ3) is 5.15. The summed E-state index contributed by atoms with van der Waals surface area (Å²) in [5.41, 5.74) is 1.36. The molecule has 0 radical (unpaired) electrons. The molecule has 0 aromatic carbocycles. The zero-order valence-electron chi connectivity index (χ0n) is 8.24. The number of nitrogens with zero attached hydrogens (tertiary/aromatic N) is 1. The summed E-state index contributed by atoms with van der Waals surface area (Å²) in [4.78, 5) is 21.4. The minimum absolute atomic E-state index is 0.0610. The lowest BCUT2D eigenvalue weighted by molar-refractivity contribution is -0.659. The molecular weight excluding hydrogens is 186 g/mol. The SMILES string of the molecule is COC(=O)/C(C=N)=N/[NH2+]CCC(C)=O. The molecule has 0 rings (SSSR count). The summed E-state index contributed by atoms with van der Waals surface area (Å²) in [6, 6.07) is 0. The van der Waals surface area contributed by atoms with Crippen LogP contribution in [-0.4, -0.2) is 37.3 Å². The Kier molecular flexibility index (Phi) is 6.13. The molecule has 0 bridgehead atoms. The maximum atomic E-state index is 10.9. The lowest BCUT2D eigenvalue weighted by atomic mass is 10.3. The van der Waals surface area contributed by atoms with Gasteiger partial charge in [-0.05, 0) is 6.92 Å². The van der Waals surface area contributed by atoms with E-state index in [0.717, 1.165) is 6.21 Å². The molecule has 14 heavy (non-hydrogen) atoms. The first kappa shape index (κ1) is 12.4. The topological polar surface area (TPSA) is 96.2 Å². The van der Waals surface area contributed by atoms with Gasteiger partial charge in [0.15, 0.2) is 0 Å². The van der Waals surface area contributed by atoms with Crippen molar-refractivity contribution >= 4 is 23.7 Å². The second-order valence-electron chi connectivity index (χ2n) is 2.57. The van der Waals surface area contributed by atoms with Crippen LogP contribution in [0, 0.1) is 5.41 Å². The van der Waals surface area contributed by atoms with Crippen molar-refractivity contribution in [3.63, 3.8) is 0 Å². The summed E-state index contributed by atoms with van der Waals surface area (Å²) in [7, 11) is 1.22. The Balaban J connectivity index is 3.99. The van der Waals surface area contributed by atoms with Crippen molar-refractivity contribution in [3.8, 4) is 0 Å². The predicted molar refractivity (Wildman–Crippen MR) is 50.3 cm³/mol. The van der Waals surface area contributed by atoms with Gasteiger partial charge in [-0.3, -0.25) is 4.79 Å². The van der Waals surface area contributed by atoms with E-state index in [2.05, 4.69) is 9.84 Å². The highest BCUT2D eigenvalue weighted by atomic mass is 16.5. The van der Waals surface area contributed by atoms with Crippen molar-refractivity contribution in [2.24, 2.45) is 5.10 Å². The fourth-order valence-electron chi connectivity index (χ4n) is 0.684. The predicted octanol–water partition coefficient (Wildman–Crippen LogP) is -1.29. The number of hydrogen-bond donors (Lipinski definition) is 2. The summed E-state index contributed by atoms with van der Waals surface area (Å²) < 4.78 is 4.37. The number of hydrogen-bond acceptors (Lipinski definition) is 5. The number of Topliss-reactive ketones (excluding diaryl/α,β-unsaturated/α-hetero) is 1. The Labute approximate surface area is 81.8 Å². The second kappa shape index (κ2) is 6.90. The lowest BCUT2D eigenvalue weighted by Gasteiger charge is -1.95. The summed E-state index contributed by atoms with van der Waals surface area (Å²) in [6.07, 6.45) is 1.20. The largest absolute Gasteiger partial charge is 0.464 e. The molecule has 6 heteroatoms. The highest BCUT2D eigenvalue weighted by Gasteiger charge is 2.09. The number of ether oxygens (including phenoxy) is 1. The monoisotopic (exact) mass is 200 g/mol. The van der Waals surface area contributed by atoms with E-state index in [1.54, 1.807) is 0 Å². The van der Waals surface area contributed by atoms with Crippen LogP contribution in [0.3, 0.4) is 0 Å². The highest BCUT2D eigenvalue weighted by molar-refractivity contribution is 6.58. The number of quaternary nitrogens is 1. The molecule has 0 amide bonds. The third-order valence-corrected chi connectivity index (χ3v) is 1.39. The van der Waals surface area contributed by atoms with Crippen LogP contribution in [0.15, 0.2) is 5.10 Å². The number of methoxy groups -OCH3 is 1. The first-order chi connectivity index (χ1) is 6.61. The van der Waals surface area contributed by atoms with Crippen LogP contribution in [0.25, 0.3) is 0 Å². The minimum atomic E-state index is -0.654. The van der Waals surface area contributed by atoms with E-state index in [1.165, 1.54) is 19.5 Å². The van der Waals surface area contributed by atoms with Gasteiger partial charge >= 0.3 is 5.97 Å². The number of rotatable bonds is 6. The van der Waals surface area contributed by atoms with Gasteiger partial charge in [0.2, 0.25) is 5.71 Å². The second-order valence-corrected chi connectivity index (χ2v) is 2.57. The molecule has 0 saturated heterocycles. The fraction of sp³-hybridized carbons (Fsp3) is 0.500. The normalized spacial score (nSPS) is 10.9. The van der Waals surface area contributed by atoms with Crippen molar-refractivity contribution in [1.29, 1.82) is 5.41 Å². The van der Waals surface area contributed by atoms with Crippen LogP contribution >= 0.6 is 0 Å². The maximum Gasteiger partial charge on any atom is 0.363 e. The van der Waals surface area contributed by atoms with Crippen molar-refractivity contribution in [1.82, 2.24) is 0 Å². The Morgan fingerprint density at radius 3 is 2.64 bits per heavy atom. The maximum absolute atomic E-state index is 10.9. The fourth-order valence-corrected chi connectivity index (χ4v) is 0.684. The van der Waals surface area contributed by atoms with Gasteiger partial charge in [-0.2, -0.15) is 0 Å². The smallest absolute Gasteiger partial charge is 0.363 e. The van der Waals surface area contributed by atoms with E-state index >= 15 is 0 Å². The average Bonchev–Trinajstić information content (AvgIpc) is 2.16. The molecule has 0 aromatic heterocycles. The van der Waals surface area contributed by atoms with Crippen LogP contribution in [0.1, 0.15) is 13.3 Å². The van der Waals surface area contributed by atoms with Gasteiger partial charge in [-0.15, -0.1) is 0 Å². The van der Waals surface area contributed by atoms with Gasteiger partial charge in [0, 0.05) is 0 Å². The molecule has 0 atom stereocenters. The third-order valence-electron chi connectivity index (χ3n) is 1.39. The number of carbonyl (C=O) groups excluding carboxylic acids is 2.